The number of carbonyl (C=O) groups is 1. The van der Waals surface area contributed by atoms with Gasteiger partial charge in [-0.05, 0) is 24.3 Å². The number of ketones is 1. The molecule has 0 spiro atoms. The van der Waals surface area contributed by atoms with E-state index in [2.05, 4.69) is 26.0 Å². The number of halogens is 1. The lowest BCUT2D eigenvalue weighted by Gasteiger charge is -2.04. The first-order valence-electron chi connectivity index (χ1n) is 6.80. The van der Waals surface area contributed by atoms with E-state index in [1.807, 2.05) is 53.1 Å². The lowest BCUT2D eigenvalue weighted by atomic mass is 10.1. The normalized spacial score (nSPS) is 11.3. The Labute approximate surface area is 134 Å². The molecule has 4 rings (SSSR count). The summed E-state index contributed by atoms with van der Waals surface area (Å²) in [6, 6.07) is 15.2. The Morgan fingerprint density at radius 1 is 1.05 bits per heavy atom. The van der Waals surface area contributed by atoms with E-state index < -0.39 is 0 Å². The Balaban J connectivity index is 1.81. The average molecular weight is 355 g/mol. The Hall–Kier alpha value is -2.47. The van der Waals surface area contributed by atoms with E-state index >= 15 is 0 Å². The molecule has 6 heteroatoms. The van der Waals surface area contributed by atoms with Crippen LogP contribution in [-0.4, -0.2) is 24.9 Å². The molecule has 0 unspecified atom stereocenters. The van der Waals surface area contributed by atoms with Crippen molar-refractivity contribution >= 4 is 38.5 Å². The van der Waals surface area contributed by atoms with Gasteiger partial charge in [-0.1, -0.05) is 40.2 Å². The Morgan fingerprint density at radius 2 is 1.77 bits per heavy atom. The van der Waals surface area contributed by atoms with Gasteiger partial charge in [0.15, 0.2) is 5.78 Å². The second kappa shape index (κ2) is 5.06. The van der Waals surface area contributed by atoms with Gasteiger partial charge in [0.2, 0.25) is 5.78 Å². The Kier molecular flexibility index (Phi) is 3.04. The van der Waals surface area contributed by atoms with Crippen molar-refractivity contribution in [1.29, 1.82) is 0 Å². The van der Waals surface area contributed by atoms with Crippen LogP contribution >= 0.6 is 15.9 Å². The average Bonchev–Trinajstić information content (AvgIpc) is 3.11. The van der Waals surface area contributed by atoms with Gasteiger partial charge >= 0.3 is 0 Å². The van der Waals surface area contributed by atoms with Crippen molar-refractivity contribution in [2.24, 2.45) is 0 Å². The predicted molar refractivity (Wildman–Crippen MR) is 87.0 cm³/mol. The van der Waals surface area contributed by atoms with Gasteiger partial charge in [0, 0.05) is 10.0 Å². The molecule has 0 amide bonds. The second-order valence-corrected chi connectivity index (χ2v) is 5.89. The van der Waals surface area contributed by atoms with Crippen LogP contribution in [0.3, 0.4) is 0 Å². The number of para-hydroxylation sites is 2. The first-order chi connectivity index (χ1) is 10.7. The van der Waals surface area contributed by atoms with Gasteiger partial charge in [0.05, 0.1) is 17.6 Å². The van der Waals surface area contributed by atoms with Crippen LogP contribution in [0.5, 0.6) is 0 Å². The monoisotopic (exact) mass is 354 g/mol. The van der Waals surface area contributed by atoms with Crippen molar-refractivity contribution in [3.8, 4) is 0 Å². The number of fused-ring (bicyclic) bond motifs is 3. The molecular formula is C16H11BrN4O. The summed E-state index contributed by atoms with van der Waals surface area (Å²) in [6.45, 7) is 0.233. The zero-order valence-corrected chi connectivity index (χ0v) is 13.1. The maximum absolute atomic E-state index is 12.5. The van der Waals surface area contributed by atoms with Crippen LogP contribution in [0.4, 0.5) is 0 Å². The number of benzene rings is 2. The van der Waals surface area contributed by atoms with Crippen molar-refractivity contribution in [3.63, 3.8) is 0 Å². The second-order valence-electron chi connectivity index (χ2n) is 4.98. The van der Waals surface area contributed by atoms with E-state index in [-0.39, 0.29) is 12.3 Å². The zero-order valence-electron chi connectivity index (χ0n) is 11.5. The summed E-state index contributed by atoms with van der Waals surface area (Å²) in [5, 5.41) is 4.23. The smallest absolute Gasteiger partial charge is 0.233 e. The molecule has 0 saturated carbocycles. The van der Waals surface area contributed by atoms with Gasteiger partial charge in [-0.3, -0.25) is 4.79 Å². The van der Waals surface area contributed by atoms with Crippen LogP contribution in [0.15, 0.2) is 59.3 Å². The third kappa shape index (κ3) is 2.03. The van der Waals surface area contributed by atoms with Gasteiger partial charge in [0.1, 0.15) is 6.33 Å². The maximum Gasteiger partial charge on any atom is 0.233 e. The summed E-state index contributed by atoms with van der Waals surface area (Å²) in [7, 11) is 0. The third-order valence-electron chi connectivity index (χ3n) is 3.64. The molecule has 0 bridgehead atoms. The standard InChI is InChI=1S/C16H11BrN4O/c17-12-7-5-11(6-8-12)15(22)9-20-13-3-1-2-4-14(13)21-16(20)18-10-19-21/h1-8,10H,9H2. The highest BCUT2D eigenvalue weighted by molar-refractivity contribution is 9.10. The number of nitrogens with zero attached hydrogens (tertiary/aromatic N) is 4. The summed E-state index contributed by atoms with van der Waals surface area (Å²) in [5.74, 6) is 0.713. The highest BCUT2D eigenvalue weighted by atomic mass is 79.9. The highest BCUT2D eigenvalue weighted by Gasteiger charge is 2.15. The first-order valence-corrected chi connectivity index (χ1v) is 7.59. The van der Waals surface area contributed by atoms with E-state index in [9.17, 15) is 4.79 Å². The Bertz CT molecular complexity index is 984. The molecule has 0 saturated heterocycles. The van der Waals surface area contributed by atoms with E-state index in [0.717, 1.165) is 15.5 Å². The van der Waals surface area contributed by atoms with Crippen molar-refractivity contribution in [3.05, 3.63) is 64.9 Å². The number of Topliss-reactive ketones (excluding diaryl/α,β-unsaturated/α-hetero) is 1. The summed E-state index contributed by atoms with van der Waals surface area (Å²) < 4.78 is 4.60. The fourth-order valence-corrected chi connectivity index (χ4v) is 2.86. The first kappa shape index (κ1) is 13.2. The highest BCUT2D eigenvalue weighted by Crippen LogP contribution is 2.19. The SMILES string of the molecule is O=C(Cn1c2ccccc2n2ncnc12)c1ccc(Br)cc1. The van der Waals surface area contributed by atoms with Gasteiger partial charge in [-0.15, -0.1) is 0 Å². The molecule has 0 N–H and O–H groups in total. The van der Waals surface area contributed by atoms with E-state index in [1.165, 1.54) is 6.33 Å². The van der Waals surface area contributed by atoms with Crippen LogP contribution in [0.2, 0.25) is 0 Å². The van der Waals surface area contributed by atoms with Crippen LogP contribution < -0.4 is 0 Å². The van der Waals surface area contributed by atoms with E-state index in [0.29, 0.717) is 11.3 Å². The van der Waals surface area contributed by atoms with Crippen LogP contribution in [0, 0.1) is 0 Å². The molecule has 108 valence electrons. The summed E-state index contributed by atoms with van der Waals surface area (Å²) in [4.78, 5) is 16.8. The lowest BCUT2D eigenvalue weighted by molar-refractivity contribution is 0.0974. The lowest BCUT2D eigenvalue weighted by Crippen LogP contribution is -2.10. The number of imidazole rings is 1. The van der Waals surface area contributed by atoms with Crippen molar-refractivity contribution in [2.45, 2.75) is 6.54 Å². The van der Waals surface area contributed by atoms with Gasteiger partial charge in [0.25, 0.3) is 0 Å². The quantitative estimate of drug-likeness (QED) is 0.530. The number of aromatic nitrogens is 4. The van der Waals surface area contributed by atoms with Crippen molar-refractivity contribution in [2.75, 3.05) is 0 Å². The van der Waals surface area contributed by atoms with Crippen molar-refractivity contribution < 1.29 is 4.79 Å². The molecule has 0 atom stereocenters. The number of carbonyl (C=O) groups excluding carboxylic acids is 1. The van der Waals surface area contributed by atoms with Gasteiger partial charge < -0.3 is 4.57 Å². The summed E-state index contributed by atoms with van der Waals surface area (Å²) in [6.07, 6.45) is 1.50. The molecule has 2 aromatic heterocycles. The zero-order chi connectivity index (χ0) is 15.1. The molecule has 4 aromatic rings. The van der Waals surface area contributed by atoms with Crippen LogP contribution in [0.1, 0.15) is 10.4 Å². The van der Waals surface area contributed by atoms with Crippen LogP contribution in [0.25, 0.3) is 16.8 Å². The molecule has 0 radical (unpaired) electrons. The van der Waals surface area contributed by atoms with E-state index in [4.69, 9.17) is 0 Å². The molecule has 22 heavy (non-hydrogen) atoms. The van der Waals surface area contributed by atoms with Gasteiger partial charge in [-0.2, -0.15) is 14.6 Å². The number of hydrogen-bond acceptors (Lipinski definition) is 3. The molecule has 0 aliphatic heterocycles. The molecule has 2 heterocycles. The van der Waals surface area contributed by atoms with Crippen molar-refractivity contribution in [1.82, 2.24) is 19.2 Å². The fraction of sp³-hybridized carbons (Fsp3) is 0.0625. The molecular weight excluding hydrogens is 344 g/mol. The van der Waals surface area contributed by atoms with Gasteiger partial charge in [-0.25, -0.2) is 0 Å². The largest absolute Gasteiger partial charge is 0.300 e. The maximum atomic E-state index is 12.5. The minimum Gasteiger partial charge on any atom is -0.300 e. The fourth-order valence-electron chi connectivity index (χ4n) is 2.60. The summed E-state index contributed by atoms with van der Waals surface area (Å²) >= 11 is 3.38. The molecule has 2 aromatic carbocycles. The predicted octanol–water partition coefficient (Wildman–Crippen LogP) is 3.33. The molecule has 0 aliphatic rings. The number of rotatable bonds is 3. The molecule has 0 fully saturated rings. The van der Waals surface area contributed by atoms with E-state index in [1.54, 1.807) is 4.52 Å². The number of hydrogen-bond donors (Lipinski definition) is 0. The molecule has 0 aliphatic carbocycles. The minimum absolute atomic E-state index is 0.0405. The third-order valence-corrected chi connectivity index (χ3v) is 4.17. The minimum atomic E-state index is 0.0405. The molecule has 5 nitrogen and oxygen atoms in total. The summed E-state index contributed by atoms with van der Waals surface area (Å²) in [5.41, 5.74) is 2.57. The topological polar surface area (TPSA) is 52.2 Å². The van der Waals surface area contributed by atoms with Crippen LogP contribution in [-0.2, 0) is 6.54 Å². The Morgan fingerprint density at radius 3 is 2.55 bits per heavy atom.